The molecule has 1 fully saturated rings. The zero-order valence-electron chi connectivity index (χ0n) is 16.3. The van der Waals surface area contributed by atoms with Gasteiger partial charge in [-0.2, -0.15) is 5.10 Å². The molecule has 2 aromatic rings. The smallest absolute Gasteiger partial charge is 0.319 e. The standard InChI is InChI=1S/C19H23F2N5O3/c1-13-4-3-5-15(10-13)11-23-6-8-24(9-7-23)16(27)12-25-14(2)18(26(28)29)17(22-25)19(20)21/h3-5,10,19H,6-9,11-12H2,1-2H3. The molecule has 1 amide bonds. The molecule has 0 radical (unpaired) electrons. The average molecular weight is 407 g/mol. The summed E-state index contributed by atoms with van der Waals surface area (Å²) in [7, 11) is 0. The number of nitrogens with zero attached hydrogens (tertiary/aromatic N) is 5. The third kappa shape index (κ3) is 4.76. The highest BCUT2D eigenvalue weighted by Gasteiger charge is 2.32. The van der Waals surface area contributed by atoms with Crippen LogP contribution in [-0.2, 0) is 17.9 Å². The van der Waals surface area contributed by atoms with E-state index >= 15 is 0 Å². The average Bonchev–Trinajstić information content (AvgIpc) is 2.99. The molecule has 0 aliphatic carbocycles. The molecule has 0 saturated carbocycles. The summed E-state index contributed by atoms with van der Waals surface area (Å²) in [6, 6.07) is 8.26. The highest BCUT2D eigenvalue weighted by atomic mass is 19.3. The predicted octanol–water partition coefficient (Wildman–Crippen LogP) is 2.69. The Bertz CT molecular complexity index is 907. The molecule has 2 heterocycles. The van der Waals surface area contributed by atoms with Gasteiger partial charge >= 0.3 is 5.69 Å². The monoisotopic (exact) mass is 407 g/mol. The molecule has 1 aliphatic heterocycles. The molecular formula is C19H23F2N5O3. The first-order chi connectivity index (χ1) is 13.8. The van der Waals surface area contributed by atoms with Crippen LogP contribution in [-0.4, -0.2) is 56.6 Å². The first kappa shape index (κ1) is 20.8. The lowest BCUT2D eigenvalue weighted by Gasteiger charge is -2.34. The summed E-state index contributed by atoms with van der Waals surface area (Å²) in [5.41, 5.74) is 0.739. The highest BCUT2D eigenvalue weighted by Crippen LogP contribution is 2.30. The number of rotatable bonds is 6. The van der Waals surface area contributed by atoms with Gasteiger partial charge < -0.3 is 4.90 Å². The molecule has 156 valence electrons. The SMILES string of the molecule is Cc1cccc(CN2CCN(C(=O)Cn3nc(C(F)F)c([N+](=O)[O-])c3C)CC2)c1. The predicted molar refractivity (Wildman–Crippen MR) is 102 cm³/mol. The Balaban J connectivity index is 1.60. The van der Waals surface area contributed by atoms with E-state index in [2.05, 4.69) is 22.1 Å². The van der Waals surface area contributed by atoms with E-state index < -0.39 is 22.7 Å². The number of benzene rings is 1. The maximum atomic E-state index is 13.0. The highest BCUT2D eigenvalue weighted by molar-refractivity contribution is 5.76. The zero-order valence-corrected chi connectivity index (χ0v) is 16.3. The van der Waals surface area contributed by atoms with Gasteiger partial charge in [-0.05, 0) is 19.4 Å². The van der Waals surface area contributed by atoms with Gasteiger partial charge in [0.2, 0.25) is 11.6 Å². The van der Waals surface area contributed by atoms with Crippen molar-refractivity contribution < 1.29 is 18.5 Å². The lowest BCUT2D eigenvalue weighted by molar-refractivity contribution is -0.386. The summed E-state index contributed by atoms with van der Waals surface area (Å²) in [5, 5.41) is 14.7. The lowest BCUT2D eigenvalue weighted by atomic mass is 10.1. The summed E-state index contributed by atoms with van der Waals surface area (Å²) in [6.07, 6.45) is -3.07. The Labute approximate surface area is 166 Å². The van der Waals surface area contributed by atoms with Gasteiger partial charge in [-0.15, -0.1) is 0 Å². The quantitative estimate of drug-likeness (QED) is 0.543. The molecule has 0 unspecified atom stereocenters. The van der Waals surface area contributed by atoms with Crippen molar-refractivity contribution in [3.05, 3.63) is 56.9 Å². The van der Waals surface area contributed by atoms with Crippen LogP contribution in [0.3, 0.4) is 0 Å². The van der Waals surface area contributed by atoms with Gasteiger partial charge in [-0.1, -0.05) is 29.8 Å². The Kier molecular flexibility index (Phi) is 6.21. The minimum atomic E-state index is -3.07. The topological polar surface area (TPSA) is 84.5 Å². The molecule has 8 nitrogen and oxygen atoms in total. The summed E-state index contributed by atoms with van der Waals surface area (Å²) in [5.74, 6) is -0.290. The second kappa shape index (κ2) is 8.64. The second-order valence-corrected chi connectivity index (χ2v) is 7.18. The minimum absolute atomic E-state index is 0.0447. The Morgan fingerprint density at radius 1 is 1.24 bits per heavy atom. The van der Waals surface area contributed by atoms with E-state index in [1.807, 2.05) is 19.1 Å². The van der Waals surface area contributed by atoms with Crippen LogP contribution < -0.4 is 0 Å². The van der Waals surface area contributed by atoms with Crippen molar-refractivity contribution in [3.63, 3.8) is 0 Å². The second-order valence-electron chi connectivity index (χ2n) is 7.18. The van der Waals surface area contributed by atoms with Crippen molar-refractivity contribution in [2.45, 2.75) is 33.4 Å². The molecule has 0 bridgehead atoms. The number of alkyl halides is 2. The van der Waals surface area contributed by atoms with Gasteiger partial charge in [0.15, 0.2) is 0 Å². The van der Waals surface area contributed by atoms with Crippen molar-refractivity contribution in [3.8, 4) is 0 Å². The van der Waals surface area contributed by atoms with Crippen LogP contribution in [0.25, 0.3) is 0 Å². The van der Waals surface area contributed by atoms with Gasteiger partial charge in [0, 0.05) is 32.7 Å². The summed E-state index contributed by atoms with van der Waals surface area (Å²) in [6.45, 7) is 6.28. The maximum absolute atomic E-state index is 13.0. The van der Waals surface area contributed by atoms with Crippen molar-refractivity contribution in [1.29, 1.82) is 0 Å². The number of aryl methyl sites for hydroxylation is 1. The first-order valence-electron chi connectivity index (χ1n) is 9.31. The number of hydrogen-bond donors (Lipinski definition) is 0. The zero-order chi connectivity index (χ0) is 21.1. The van der Waals surface area contributed by atoms with E-state index in [1.165, 1.54) is 18.1 Å². The lowest BCUT2D eigenvalue weighted by Crippen LogP contribution is -2.49. The molecule has 29 heavy (non-hydrogen) atoms. The molecule has 0 spiro atoms. The van der Waals surface area contributed by atoms with Gasteiger partial charge in [0.05, 0.1) is 4.92 Å². The summed E-state index contributed by atoms with van der Waals surface area (Å²) >= 11 is 0. The van der Waals surface area contributed by atoms with Gasteiger partial charge in [0.1, 0.15) is 12.2 Å². The Morgan fingerprint density at radius 2 is 1.93 bits per heavy atom. The molecule has 1 aliphatic rings. The third-order valence-corrected chi connectivity index (χ3v) is 5.09. The van der Waals surface area contributed by atoms with Crippen molar-refractivity contribution in [2.24, 2.45) is 0 Å². The van der Waals surface area contributed by atoms with Gasteiger partial charge in [-0.25, -0.2) is 8.78 Å². The van der Waals surface area contributed by atoms with Crippen LogP contribution in [0.2, 0.25) is 0 Å². The summed E-state index contributed by atoms with van der Waals surface area (Å²) in [4.78, 5) is 26.7. The number of carbonyl (C=O) groups is 1. The third-order valence-electron chi connectivity index (χ3n) is 5.09. The Morgan fingerprint density at radius 3 is 2.48 bits per heavy atom. The number of carbonyl (C=O) groups excluding carboxylic acids is 1. The molecule has 1 aromatic heterocycles. The molecule has 10 heteroatoms. The fourth-order valence-electron chi connectivity index (χ4n) is 3.54. The van der Waals surface area contributed by atoms with E-state index in [0.717, 1.165) is 11.2 Å². The van der Waals surface area contributed by atoms with E-state index in [1.54, 1.807) is 4.90 Å². The number of aromatic nitrogens is 2. The van der Waals surface area contributed by atoms with Crippen LogP contribution >= 0.6 is 0 Å². The fourth-order valence-corrected chi connectivity index (χ4v) is 3.54. The van der Waals surface area contributed by atoms with Crippen LogP contribution in [0.1, 0.15) is 28.9 Å². The maximum Gasteiger partial charge on any atom is 0.319 e. The fraction of sp³-hybridized carbons (Fsp3) is 0.474. The van der Waals surface area contributed by atoms with E-state index in [-0.39, 0.29) is 18.1 Å². The molecule has 0 N–H and O–H groups in total. The number of hydrogen-bond acceptors (Lipinski definition) is 5. The number of amides is 1. The molecule has 1 saturated heterocycles. The van der Waals surface area contributed by atoms with Gasteiger partial charge in [0.25, 0.3) is 6.43 Å². The minimum Gasteiger partial charge on any atom is -0.339 e. The largest absolute Gasteiger partial charge is 0.339 e. The van der Waals surface area contributed by atoms with E-state index in [4.69, 9.17) is 0 Å². The van der Waals surface area contributed by atoms with Crippen molar-refractivity contribution >= 4 is 11.6 Å². The van der Waals surface area contributed by atoms with Crippen LogP contribution in [0.4, 0.5) is 14.5 Å². The molecule has 1 aromatic carbocycles. The number of halogens is 2. The summed E-state index contributed by atoms with van der Waals surface area (Å²) < 4.78 is 27.1. The Hall–Kier alpha value is -2.88. The first-order valence-corrected chi connectivity index (χ1v) is 9.31. The molecule has 0 atom stereocenters. The van der Waals surface area contributed by atoms with Crippen LogP contribution in [0.5, 0.6) is 0 Å². The number of piperazine rings is 1. The van der Waals surface area contributed by atoms with Crippen molar-refractivity contribution in [2.75, 3.05) is 26.2 Å². The molecular weight excluding hydrogens is 384 g/mol. The molecule has 3 rings (SSSR count). The van der Waals surface area contributed by atoms with E-state index in [0.29, 0.717) is 26.2 Å². The number of nitro groups is 1. The van der Waals surface area contributed by atoms with Crippen molar-refractivity contribution in [1.82, 2.24) is 19.6 Å². The normalized spacial score (nSPS) is 15.1. The van der Waals surface area contributed by atoms with Gasteiger partial charge in [-0.3, -0.25) is 24.5 Å². The van der Waals surface area contributed by atoms with Crippen LogP contribution in [0, 0.1) is 24.0 Å². The van der Waals surface area contributed by atoms with Crippen LogP contribution in [0.15, 0.2) is 24.3 Å². The van der Waals surface area contributed by atoms with E-state index in [9.17, 15) is 23.7 Å².